The number of morpholine rings is 1. The second kappa shape index (κ2) is 8.28. The molecule has 1 fully saturated rings. The van der Waals surface area contributed by atoms with Crippen molar-refractivity contribution in [3.63, 3.8) is 0 Å². The number of carbonyl (C=O) groups is 1. The molecule has 3 rings (SSSR count). The molecule has 13 heteroatoms. The summed E-state index contributed by atoms with van der Waals surface area (Å²) in [5.41, 5.74) is -0.0514. The minimum Gasteiger partial charge on any atom is -0.453 e. The van der Waals surface area contributed by atoms with Crippen molar-refractivity contribution < 1.29 is 35.5 Å². The number of H-pyrrole nitrogens is 1. The minimum absolute atomic E-state index is 0.0514. The van der Waals surface area contributed by atoms with Gasteiger partial charge in [0.15, 0.2) is 0 Å². The lowest BCUT2D eigenvalue weighted by Crippen LogP contribution is -2.40. The zero-order valence-corrected chi connectivity index (χ0v) is 17.5. The first-order valence-electron chi connectivity index (χ1n) is 8.57. The van der Waals surface area contributed by atoms with Crippen molar-refractivity contribution in [3.8, 4) is 0 Å². The van der Waals surface area contributed by atoms with E-state index in [0.29, 0.717) is 13.2 Å². The van der Waals surface area contributed by atoms with Crippen LogP contribution in [0.15, 0.2) is 38.8 Å². The van der Waals surface area contributed by atoms with Gasteiger partial charge < -0.3 is 18.9 Å². The van der Waals surface area contributed by atoms with Gasteiger partial charge in [-0.15, -0.1) is 0 Å². The molecule has 1 aliphatic heterocycles. The van der Waals surface area contributed by atoms with Crippen LogP contribution in [-0.4, -0.2) is 76.8 Å². The highest BCUT2D eigenvalue weighted by molar-refractivity contribution is 7.89. The van der Waals surface area contributed by atoms with Crippen LogP contribution in [0.5, 0.6) is 0 Å². The Balaban J connectivity index is 1.65. The van der Waals surface area contributed by atoms with Gasteiger partial charge in [-0.05, 0) is 18.2 Å². The second-order valence-electron chi connectivity index (χ2n) is 6.35. The molecular weight excluding hydrogens is 426 g/mol. The van der Waals surface area contributed by atoms with E-state index < -0.39 is 26.0 Å². The number of hydrogen-bond donors (Lipinski definition) is 1. The lowest BCUT2D eigenvalue weighted by Gasteiger charge is -2.25. The van der Waals surface area contributed by atoms with Gasteiger partial charge in [-0.25, -0.2) is 25.9 Å². The highest BCUT2D eigenvalue weighted by Gasteiger charge is 2.28. The van der Waals surface area contributed by atoms with E-state index in [-0.39, 0.29) is 41.1 Å². The molecule has 0 unspecified atom stereocenters. The van der Waals surface area contributed by atoms with Gasteiger partial charge in [0.1, 0.15) is 23.0 Å². The Morgan fingerprint density at radius 3 is 2.55 bits per heavy atom. The van der Waals surface area contributed by atoms with Gasteiger partial charge in [-0.2, -0.15) is 4.31 Å². The molecule has 29 heavy (non-hydrogen) atoms. The molecule has 2 aromatic rings. The molecular formula is C16H21N3O8S2. The zero-order valence-electron chi connectivity index (χ0n) is 15.8. The molecule has 0 aromatic carbocycles. The number of carbonyl (C=O) groups excluding carboxylic acids is 1. The van der Waals surface area contributed by atoms with Gasteiger partial charge >= 0.3 is 5.97 Å². The van der Waals surface area contributed by atoms with Crippen molar-refractivity contribution >= 4 is 26.0 Å². The molecule has 0 radical (unpaired) electrons. The lowest BCUT2D eigenvalue weighted by molar-refractivity contribution is 0.0434. The van der Waals surface area contributed by atoms with Gasteiger partial charge in [0.05, 0.1) is 13.2 Å². The van der Waals surface area contributed by atoms with E-state index in [9.17, 15) is 21.6 Å². The van der Waals surface area contributed by atoms with E-state index in [4.69, 9.17) is 13.9 Å². The molecule has 160 valence electrons. The first kappa shape index (κ1) is 21.5. The average molecular weight is 447 g/mol. The number of esters is 1. The van der Waals surface area contributed by atoms with Crippen molar-refractivity contribution in [2.24, 2.45) is 0 Å². The Bertz CT molecular complexity index is 1080. The number of nitrogens with zero attached hydrogens (tertiary/aromatic N) is 2. The third-order valence-electron chi connectivity index (χ3n) is 4.20. The smallest absolute Gasteiger partial charge is 0.355 e. The maximum Gasteiger partial charge on any atom is 0.355 e. The molecule has 0 spiro atoms. The van der Waals surface area contributed by atoms with Crippen LogP contribution in [0.2, 0.25) is 0 Å². The van der Waals surface area contributed by atoms with E-state index in [1.807, 2.05) is 0 Å². The minimum atomic E-state index is -3.74. The predicted molar refractivity (Wildman–Crippen MR) is 99.1 cm³/mol. The summed E-state index contributed by atoms with van der Waals surface area (Å²) in [5, 5.41) is -0.271. The molecule has 1 aliphatic rings. The number of aromatic amines is 1. The van der Waals surface area contributed by atoms with Gasteiger partial charge in [0.2, 0.25) is 15.1 Å². The summed E-state index contributed by atoms with van der Waals surface area (Å²) in [6.45, 7) is 0.792. The molecule has 0 aliphatic carbocycles. The van der Waals surface area contributed by atoms with Gasteiger partial charge in [-0.3, -0.25) is 0 Å². The summed E-state index contributed by atoms with van der Waals surface area (Å²) in [5.74, 6) is -0.673. The second-order valence-corrected chi connectivity index (χ2v) is 10.4. The third-order valence-corrected chi connectivity index (χ3v) is 7.77. The maximum atomic E-state index is 12.6. The molecule has 1 N–H and O–H groups in total. The van der Waals surface area contributed by atoms with Crippen LogP contribution >= 0.6 is 0 Å². The van der Waals surface area contributed by atoms with Crippen molar-refractivity contribution in [2.45, 2.75) is 16.6 Å². The van der Waals surface area contributed by atoms with Crippen LogP contribution in [0.1, 0.15) is 16.2 Å². The van der Waals surface area contributed by atoms with Crippen molar-refractivity contribution in [3.05, 3.63) is 35.9 Å². The van der Waals surface area contributed by atoms with Gasteiger partial charge in [0.25, 0.3) is 10.0 Å². The Morgan fingerprint density at radius 2 is 1.90 bits per heavy atom. The van der Waals surface area contributed by atoms with Gasteiger partial charge in [0, 0.05) is 33.4 Å². The van der Waals surface area contributed by atoms with Crippen molar-refractivity contribution in [1.29, 1.82) is 0 Å². The molecule has 0 bridgehead atoms. The highest BCUT2D eigenvalue weighted by atomic mass is 32.2. The van der Waals surface area contributed by atoms with E-state index in [0.717, 1.165) is 4.31 Å². The monoisotopic (exact) mass is 447 g/mol. The molecule has 2 aromatic heterocycles. The molecule has 0 amide bonds. The average Bonchev–Trinajstić information content (AvgIpc) is 3.37. The number of furan rings is 1. The fourth-order valence-corrected chi connectivity index (χ4v) is 4.76. The summed E-state index contributed by atoms with van der Waals surface area (Å²) in [6, 6.07) is 3.84. The number of ether oxygens (including phenoxy) is 2. The zero-order chi connectivity index (χ0) is 21.2. The maximum absolute atomic E-state index is 12.6. The molecule has 3 heterocycles. The SMILES string of the molecule is CN(C)S(=O)(=O)c1ccc(COC(=O)c2cc(S(=O)(=O)N3CCOCC3)c[nH]2)o1. The van der Waals surface area contributed by atoms with Crippen LogP contribution in [0.4, 0.5) is 0 Å². The quantitative estimate of drug-likeness (QED) is 0.595. The number of sulfonamides is 2. The number of hydrogen-bond acceptors (Lipinski definition) is 8. The first-order valence-corrected chi connectivity index (χ1v) is 11.4. The Hall–Kier alpha value is -2.19. The van der Waals surface area contributed by atoms with Crippen LogP contribution in [0.3, 0.4) is 0 Å². The van der Waals surface area contributed by atoms with Crippen LogP contribution in [0.25, 0.3) is 0 Å². The first-order chi connectivity index (χ1) is 13.6. The number of aromatic nitrogens is 1. The fourth-order valence-electron chi connectivity index (χ4n) is 2.55. The largest absolute Gasteiger partial charge is 0.453 e. The lowest BCUT2D eigenvalue weighted by atomic mass is 10.4. The molecule has 1 saturated heterocycles. The molecule has 11 nitrogen and oxygen atoms in total. The van der Waals surface area contributed by atoms with Crippen molar-refractivity contribution in [2.75, 3.05) is 40.4 Å². The summed E-state index contributed by atoms with van der Waals surface area (Å²) in [7, 11) is -4.74. The molecule has 0 saturated carbocycles. The van der Waals surface area contributed by atoms with Crippen LogP contribution < -0.4 is 0 Å². The summed E-state index contributed by atoms with van der Waals surface area (Å²) >= 11 is 0. The fraction of sp³-hybridized carbons (Fsp3) is 0.438. The number of nitrogens with one attached hydrogen (secondary N) is 1. The van der Waals surface area contributed by atoms with Gasteiger partial charge in [-0.1, -0.05) is 0 Å². The summed E-state index contributed by atoms with van der Waals surface area (Å²) in [6.07, 6.45) is 1.22. The Labute approximate surface area is 168 Å². The van der Waals surface area contributed by atoms with Crippen LogP contribution in [-0.2, 0) is 36.1 Å². The standard InChI is InChI=1S/C16H21N3O8S2/c1-18(2)29(23,24)15-4-3-12(27-15)11-26-16(20)14-9-13(10-17-14)28(21,22)19-5-7-25-8-6-19/h3-4,9-10,17H,5-8,11H2,1-2H3. The Morgan fingerprint density at radius 1 is 1.21 bits per heavy atom. The highest BCUT2D eigenvalue weighted by Crippen LogP contribution is 2.20. The Kier molecular flexibility index (Phi) is 6.14. The van der Waals surface area contributed by atoms with E-state index in [1.54, 1.807) is 0 Å². The normalized spacial score (nSPS) is 16.2. The predicted octanol–water partition coefficient (Wildman–Crippen LogP) is 0.236. The van der Waals surface area contributed by atoms with E-state index in [2.05, 4.69) is 4.98 Å². The number of rotatable bonds is 7. The van der Waals surface area contributed by atoms with Crippen LogP contribution in [0, 0.1) is 0 Å². The van der Waals surface area contributed by atoms with Crippen molar-refractivity contribution in [1.82, 2.24) is 13.6 Å². The summed E-state index contributed by atoms with van der Waals surface area (Å²) < 4.78 is 66.8. The summed E-state index contributed by atoms with van der Waals surface area (Å²) in [4.78, 5) is 14.7. The molecule has 0 atom stereocenters. The van der Waals surface area contributed by atoms with E-state index >= 15 is 0 Å². The third kappa shape index (κ3) is 4.53. The van der Waals surface area contributed by atoms with E-state index in [1.165, 1.54) is 42.8 Å². The topological polar surface area (TPSA) is 139 Å².